The summed E-state index contributed by atoms with van der Waals surface area (Å²) in [5.74, 6) is 0.539. The van der Waals surface area contributed by atoms with Crippen molar-refractivity contribution in [2.75, 3.05) is 0 Å². The van der Waals surface area contributed by atoms with E-state index in [0.717, 1.165) is 11.1 Å². The van der Waals surface area contributed by atoms with E-state index in [1.54, 1.807) is 6.07 Å². The molecular weight excluding hydrogens is 230 g/mol. The van der Waals surface area contributed by atoms with Gasteiger partial charge in [-0.2, -0.15) is 0 Å². The van der Waals surface area contributed by atoms with Crippen molar-refractivity contribution in [2.45, 2.75) is 13.3 Å². The van der Waals surface area contributed by atoms with Crippen LogP contribution in [0.15, 0.2) is 52.8 Å². The van der Waals surface area contributed by atoms with Gasteiger partial charge in [-0.1, -0.05) is 30.3 Å². The summed E-state index contributed by atoms with van der Waals surface area (Å²) in [6.07, 6.45) is 3.30. The third-order valence-corrected chi connectivity index (χ3v) is 2.66. The molecule has 0 saturated heterocycles. The minimum atomic E-state index is -0.366. The Kier molecular flexibility index (Phi) is 3.57. The third-order valence-electron chi connectivity index (χ3n) is 2.66. The molecule has 0 atom stereocenters. The molecule has 18 heavy (non-hydrogen) atoms. The van der Waals surface area contributed by atoms with Crippen molar-refractivity contribution in [3.8, 4) is 0 Å². The Morgan fingerprint density at radius 2 is 2.06 bits per heavy atom. The molecule has 0 aliphatic heterocycles. The van der Waals surface area contributed by atoms with Gasteiger partial charge in [-0.15, -0.1) is 0 Å². The van der Waals surface area contributed by atoms with Gasteiger partial charge in [0.15, 0.2) is 0 Å². The van der Waals surface area contributed by atoms with E-state index in [0.29, 0.717) is 5.76 Å². The molecule has 0 N–H and O–H groups in total. The Bertz CT molecular complexity index is 570. The van der Waals surface area contributed by atoms with Crippen LogP contribution in [0, 0.1) is 17.0 Å². The first-order chi connectivity index (χ1) is 8.66. The van der Waals surface area contributed by atoms with Gasteiger partial charge in [0.05, 0.1) is 23.7 Å². The summed E-state index contributed by atoms with van der Waals surface area (Å²) in [6, 6.07) is 11.1. The first kappa shape index (κ1) is 12.1. The topological polar surface area (TPSA) is 56.3 Å². The maximum Gasteiger partial charge on any atom is 0.254 e. The van der Waals surface area contributed by atoms with E-state index in [9.17, 15) is 10.1 Å². The first-order valence-corrected chi connectivity index (χ1v) is 5.60. The molecule has 0 radical (unpaired) electrons. The molecule has 0 spiro atoms. The van der Waals surface area contributed by atoms with Crippen molar-refractivity contribution in [1.82, 2.24) is 0 Å². The number of hydrogen-bond acceptors (Lipinski definition) is 3. The summed E-state index contributed by atoms with van der Waals surface area (Å²) in [6.45, 7) is 1.86. The largest absolute Gasteiger partial charge is 0.464 e. The van der Waals surface area contributed by atoms with Gasteiger partial charge in [0, 0.05) is 0 Å². The summed E-state index contributed by atoms with van der Waals surface area (Å²) in [4.78, 5) is 10.7. The highest BCUT2D eigenvalue weighted by Crippen LogP contribution is 2.16. The summed E-state index contributed by atoms with van der Waals surface area (Å²) >= 11 is 0. The lowest BCUT2D eigenvalue weighted by Crippen LogP contribution is -2.02. The maximum absolute atomic E-state index is 11.0. The number of allylic oxidation sites excluding steroid dienone is 1. The van der Waals surface area contributed by atoms with E-state index < -0.39 is 0 Å². The van der Waals surface area contributed by atoms with Gasteiger partial charge in [-0.05, 0) is 24.1 Å². The lowest BCUT2D eigenvalue weighted by Gasteiger charge is -1.99. The van der Waals surface area contributed by atoms with E-state index in [2.05, 4.69) is 0 Å². The zero-order valence-electron chi connectivity index (χ0n) is 10.00. The van der Waals surface area contributed by atoms with E-state index in [-0.39, 0.29) is 17.0 Å². The smallest absolute Gasteiger partial charge is 0.254 e. The summed E-state index contributed by atoms with van der Waals surface area (Å²) in [5, 5.41) is 11.0. The molecule has 0 aliphatic carbocycles. The van der Waals surface area contributed by atoms with Gasteiger partial charge < -0.3 is 4.42 Å². The number of rotatable bonds is 4. The highest BCUT2D eigenvalue weighted by Gasteiger charge is 2.13. The van der Waals surface area contributed by atoms with Crippen LogP contribution in [0.25, 0.3) is 6.08 Å². The van der Waals surface area contributed by atoms with E-state index in [4.69, 9.17) is 4.42 Å². The van der Waals surface area contributed by atoms with Crippen LogP contribution in [0.4, 0.5) is 0 Å². The minimum absolute atomic E-state index is 0.124. The van der Waals surface area contributed by atoms with Crippen molar-refractivity contribution in [2.24, 2.45) is 0 Å². The molecule has 0 saturated carbocycles. The molecule has 0 fully saturated rings. The van der Waals surface area contributed by atoms with Gasteiger partial charge in [0.25, 0.3) is 5.70 Å². The monoisotopic (exact) mass is 243 g/mol. The van der Waals surface area contributed by atoms with Crippen molar-refractivity contribution >= 4 is 6.08 Å². The minimum Gasteiger partial charge on any atom is -0.464 e. The molecule has 1 heterocycles. The van der Waals surface area contributed by atoms with Crippen molar-refractivity contribution in [1.29, 1.82) is 0 Å². The molecule has 4 nitrogen and oxygen atoms in total. The van der Waals surface area contributed by atoms with Gasteiger partial charge in [0.1, 0.15) is 5.76 Å². The van der Waals surface area contributed by atoms with Crippen LogP contribution < -0.4 is 0 Å². The summed E-state index contributed by atoms with van der Waals surface area (Å²) in [7, 11) is 0. The molecule has 1 aromatic heterocycles. The van der Waals surface area contributed by atoms with Crippen LogP contribution in [0.5, 0.6) is 0 Å². The quantitative estimate of drug-likeness (QED) is 0.610. The molecule has 4 heteroatoms. The highest BCUT2D eigenvalue weighted by atomic mass is 16.6. The van der Waals surface area contributed by atoms with Crippen molar-refractivity contribution < 1.29 is 9.34 Å². The molecule has 0 amide bonds. The van der Waals surface area contributed by atoms with Crippen molar-refractivity contribution in [3.05, 3.63) is 75.4 Å². The summed E-state index contributed by atoms with van der Waals surface area (Å²) in [5.41, 5.74) is 1.92. The zero-order valence-corrected chi connectivity index (χ0v) is 10.00. The van der Waals surface area contributed by atoms with Crippen LogP contribution in [0.1, 0.15) is 16.9 Å². The Labute approximate surface area is 105 Å². The van der Waals surface area contributed by atoms with Crippen LogP contribution in [-0.2, 0) is 6.42 Å². The average Bonchev–Trinajstić information content (AvgIpc) is 2.75. The average molecular weight is 243 g/mol. The SMILES string of the molecule is Cc1ccoc1/C=C(/Cc1ccccc1)[N+](=O)[O-]. The van der Waals surface area contributed by atoms with Gasteiger partial charge in [0.2, 0.25) is 0 Å². The highest BCUT2D eigenvalue weighted by molar-refractivity contribution is 5.49. The second-order valence-electron chi connectivity index (χ2n) is 4.02. The Morgan fingerprint density at radius 3 is 2.61 bits per heavy atom. The lowest BCUT2D eigenvalue weighted by atomic mass is 10.1. The van der Waals surface area contributed by atoms with Crippen LogP contribution >= 0.6 is 0 Å². The van der Waals surface area contributed by atoms with Gasteiger partial charge in [-0.25, -0.2) is 0 Å². The fourth-order valence-corrected chi connectivity index (χ4v) is 1.66. The number of aryl methyl sites for hydroxylation is 1. The number of hydrogen-bond donors (Lipinski definition) is 0. The second kappa shape index (κ2) is 5.31. The molecule has 2 aromatic rings. The molecule has 2 rings (SSSR count). The van der Waals surface area contributed by atoms with Crippen LogP contribution in [0.2, 0.25) is 0 Å². The maximum atomic E-state index is 11.0. The van der Waals surface area contributed by atoms with E-state index >= 15 is 0 Å². The number of nitro groups is 1. The number of nitrogens with zero attached hydrogens (tertiary/aromatic N) is 1. The fraction of sp³-hybridized carbons (Fsp3) is 0.143. The molecule has 1 aromatic carbocycles. The number of furan rings is 1. The molecule has 0 unspecified atom stereocenters. The van der Waals surface area contributed by atoms with E-state index in [1.807, 2.05) is 37.3 Å². The second-order valence-corrected chi connectivity index (χ2v) is 4.02. The fourth-order valence-electron chi connectivity index (χ4n) is 1.66. The molecule has 92 valence electrons. The first-order valence-electron chi connectivity index (χ1n) is 5.60. The van der Waals surface area contributed by atoms with Gasteiger partial charge in [-0.3, -0.25) is 10.1 Å². The van der Waals surface area contributed by atoms with Crippen LogP contribution in [-0.4, -0.2) is 4.92 Å². The van der Waals surface area contributed by atoms with Crippen molar-refractivity contribution in [3.63, 3.8) is 0 Å². The van der Waals surface area contributed by atoms with Gasteiger partial charge >= 0.3 is 0 Å². The molecular formula is C14H13NO3. The molecule has 0 bridgehead atoms. The standard InChI is InChI=1S/C14H13NO3/c1-11-7-8-18-14(11)10-13(15(16)17)9-12-5-3-2-4-6-12/h2-8,10H,9H2,1H3/b13-10-. The summed E-state index contributed by atoms with van der Waals surface area (Å²) < 4.78 is 5.20. The Balaban J connectivity index is 2.27. The predicted molar refractivity (Wildman–Crippen MR) is 68.6 cm³/mol. The van der Waals surface area contributed by atoms with Crippen LogP contribution in [0.3, 0.4) is 0 Å². The lowest BCUT2D eigenvalue weighted by molar-refractivity contribution is -0.425. The predicted octanol–water partition coefficient (Wildman–Crippen LogP) is 3.45. The number of benzene rings is 1. The molecule has 0 aliphatic rings. The third kappa shape index (κ3) is 2.85. The normalized spacial score (nSPS) is 11.5. The van der Waals surface area contributed by atoms with E-state index in [1.165, 1.54) is 12.3 Å². The Morgan fingerprint density at radius 1 is 1.33 bits per heavy atom. The Hall–Kier alpha value is -2.36. The zero-order chi connectivity index (χ0) is 13.0.